The Morgan fingerprint density at radius 1 is 1.35 bits per heavy atom. The Balaban J connectivity index is 2.15. The summed E-state index contributed by atoms with van der Waals surface area (Å²) in [6.45, 7) is 8.41. The van der Waals surface area contributed by atoms with Gasteiger partial charge in [0.25, 0.3) is 0 Å². The molecule has 1 saturated carbocycles. The van der Waals surface area contributed by atoms with Crippen LogP contribution in [0.15, 0.2) is 0 Å². The number of hydrogen-bond acceptors (Lipinski definition) is 3. The van der Waals surface area contributed by atoms with Crippen molar-refractivity contribution in [2.45, 2.75) is 71.1 Å². The summed E-state index contributed by atoms with van der Waals surface area (Å²) in [5.41, 5.74) is -0.428. The molecule has 0 aromatic rings. The molecule has 0 aromatic carbocycles. The minimum absolute atomic E-state index is 0.102. The fraction of sp³-hybridized carbons (Fsp3) is 0.923. The van der Waals surface area contributed by atoms with Gasteiger partial charge in [-0.05, 0) is 40.5 Å². The van der Waals surface area contributed by atoms with Gasteiger partial charge in [-0.3, -0.25) is 0 Å². The van der Waals surface area contributed by atoms with E-state index in [0.29, 0.717) is 6.04 Å². The molecule has 0 unspecified atom stereocenters. The summed E-state index contributed by atoms with van der Waals surface area (Å²) in [6.07, 6.45) is 4.84. The van der Waals surface area contributed by atoms with Crippen LogP contribution in [0, 0.1) is 0 Å². The van der Waals surface area contributed by atoms with Crippen LogP contribution in [-0.4, -0.2) is 30.3 Å². The summed E-state index contributed by atoms with van der Waals surface area (Å²) >= 11 is 0. The molecule has 0 bridgehead atoms. The van der Waals surface area contributed by atoms with E-state index in [1.807, 2.05) is 27.7 Å². The summed E-state index contributed by atoms with van der Waals surface area (Å²) in [7, 11) is 0. The van der Waals surface area contributed by atoms with E-state index in [4.69, 9.17) is 4.74 Å². The van der Waals surface area contributed by atoms with Crippen LogP contribution < -0.4 is 10.6 Å². The number of amides is 1. The van der Waals surface area contributed by atoms with Crippen LogP contribution in [0.4, 0.5) is 4.79 Å². The zero-order valence-electron chi connectivity index (χ0n) is 11.5. The van der Waals surface area contributed by atoms with Gasteiger partial charge in [0.2, 0.25) is 0 Å². The van der Waals surface area contributed by atoms with E-state index in [0.717, 1.165) is 6.54 Å². The highest BCUT2D eigenvalue weighted by molar-refractivity contribution is 5.68. The molecule has 1 fully saturated rings. The first-order chi connectivity index (χ1) is 7.87. The van der Waals surface area contributed by atoms with Crippen molar-refractivity contribution >= 4 is 6.09 Å². The monoisotopic (exact) mass is 242 g/mol. The molecule has 17 heavy (non-hydrogen) atoms. The molecule has 0 aliphatic heterocycles. The first-order valence-electron chi connectivity index (χ1n) is 6.60. The molecule has 1 aliphatic rings. The number of carbonyl (C=O) groups excluding carboxylic acids is 1. The van der Waals surface area contributed by atoms with Gasteiger partial charge in [-0.1, -0.05) is 12.8 Å². The molecule has 1 aliphatic carbocycles. The summed E-state index contributed by atoms with van der Waals surface area (Å²) in [5, 5.41) is 6.32. The summed E-state index contributed by atoms with van der Waals surface area (Å²) in [6, 6.07) is 0.739. The fourth-order valence-corrected chi connectivity index (χ4v) is 2.03. The number of rotatable bonds is 4. The lowest BCUT2D eigenvalue weighted by atomic mass is 10.2. The quantitative estimate of drug-likeness (QED) is 0.796. The molecular formula is C13H26N2O2. The van der Waals surface area contributed by atoms with Crippen LogP contribution in [0.2, 0.25) is 0 Å². The average molecular weight is 242 g/mol. The predicted octanol–water partition coefficient (Wildman–Crippen LogP) is 2.43. The van der Waals surface area contributed by atoms with Crippen LogP contribution in [0.3, 0.4) is 0 Å². The Morgan fingerprint density at radius 2 is 1.94 bits per heavy atom. The lowest BCUT2D eigenvalue weighted by molar-refractivity contribution is 0.0507. The minimum atomic E-state index is -0.428. The third-order valence-corrected chi connectivity index (χ3v) is 2.83. The number of hydrogen-bond donors (Lipinski definition) is 2. The molecule has 100 valence electrons. The van der Waals surface area contributed by atoms with Crippen LogP contribution in [0.1, 0.15) is 53.4 Å². The zero-order valence-corrected chi connectivity index (χ0v) is 11.5. The fourth-order valence-electron chi connectivity index (χ4n) is 2.03. The first-order valence-corrected chi connectivity index (χ1v) is 6.60. The third kappa shape index (κ3) is 6.51. The van der Waals surface area contributed by atoms with Crippen molar-refractivity contribution in [2.75, 3.05) is 6.54 Å². The number of ether oxygens (including phenoxy) is 1. The van der Waals surface area contributed by atoms with Gasteiger partial charge in [0, 0.05) is 18.6 Å². The molecule has 0 aromatic heterocycles. The second-order valence-corrected chi connectivity index (χ2v) is 5.94. The van der Waals surface area contributed by atoms with E-state index in [-0.39, 0.29) is 12.1 Å². The molecule has 0 heterocycles. The molecule has 1 atom stereocenters. The van der Waals surface area contributed by atoms with Gasteiger partial charge in [-0.2, -0.15) is 0 Å². The number of nitrogens with one attached hydrogen (secondary N) is 2. The average Bonchev–Trinajstić information content (AvgIpc) is 2.63. The summed E-state index contributed by atoms with van der Waals surface area (Å²) in [5.74, 6) is 0. The number of alkyl carbamates (subject to hydrolysis) is 1. The standard InChI is InChI=1S/C13H26N2O2/c1-10(9-14-11-7-5-6-8-11)15-12(16)17-13(2,3)4/h10-11,14H,5-9H2,1-4H3,(H,15,16)/t10-/m1/s1. The topological polar surface area (TPSA) is 50.4 Å². The maximum absolute atomic E-state index is 11.5. The van der Waals surface area contributed by atoms with Crippen LogP contribution in [0.5, 0.6) is 0 Å². The lowest BCUT2D eigenvalue weighted by Crippen LogP contribution is -2.44. The highest BCUT2D eigenvalue weighted by Gasteiger charge is 2.19. The van der Waals surface area contributed by atoms with Gasteiger partial charge in [-0.25, -0.2) is 4.79 Å². The molecule has 0 saturated heterocycles. The second-order valence-electron chi connectivity index (χ2n) is 5.94. The highest BCUT2D eigenvalue weighted by atomic mass is 16.6. The molecule has 4 heteroatoms. The van der Waals surface area contributed by atoms with Gasteiger partial charge in [0.15, 0.2) is 0 Å². The minimum Gasteiger partial charge on any atom is -0.444 e. The Kier molecular flexibility index (Phi) is 5.25. The Hall–Kier alpha value is -0.770. The van der Waals surface area contributed by atoms with Crippen molar-refractivity contribution in [1.29, 1.82) is 0 Å². The maximum atomic E-state index is 11.5. The molecule has 0 spiro atoms. The SMILES string of the molecule is C[C@H](CNC1CCCC1)NC(=O)OC(C)(C)C. The van der Waals surface area contributed by atoms with E-state index < -0.39 is 5.60 Å². The van der Waals surface area contributed by atoms with Crippen LogP contribution >= 0.6 is 0 Å². The largest absolute Gasteiger partial charge is 0.444 e. The van der Waals surface area contributed by atoms with E-state index in [1.54, 1.807) is 0 Å². The Bertz CT molecular complexity index is 242. The molecule has 4 nitrogen and oxygen atoms in total. The van der Waals surface area contributed by atoms with Crippen molar-refractivity contribution in [1.82, 2.24) is 10.6 Å². The predicted molar refractivity (Wildman–Crippen MR) is 69.1 cm³/mol. The zero-order chi connectivity index (χ0) is 12.9. The molecular weight excluding hydrogens is 216 g/mol. The van der Waals surface area contributed by atoms with Crippen LogP contribution in [-0.2, 0) is 4.74 Å². The highest BCUT2D eigenvalue weighted by Crippen LogP contribution is 2.17. The second kappa shape index (κ2) is 6.24. The molecule has 2 N–H and O–H groups in total. The first kappa shape index (κ1) is 14.3. The molecule has 1 rings (SSSR count). The van der Waals surface area contributed by atoms with Crippen molar-refractivity contribution < 1.29 is 9.53 Å². The number of carbonyl (C=O) groups is 1. The molecule has 0 radical (unpaired) electrons. The van der Waals surface area contributed by atoms with Gasteiger partial charge < -0.3 is 15.4 Å². The maximum Gasteiger partial charge on any atom is 0.407 e. The van der Waals surface area contributed by atoms with Crippen molar-refractivity contribution in [2.24, 2.45) is 0 Å². The van der Waals surface area contributed by atoms with E-state index >= 15 is 0 Å². The van der Waals surface area contributed by atoms with Crippen molar-refractivity contribution in [3.05, 3.63) is 0 Å². The summed E-state index contributed by atoms with van der Waals surface area (Å²) in [4.78, 5) is 11.5. The van der Waals surface area contributed by atoms with Crippen molar-refractivity contribution in [3.63, 3.8) is 0 Å². The normalized spacial score (nSPS) is 19.1. The summed E-state index contributed by atoms with van der Waals surface area (Å²) < 4.78 is 5.20. The van der Waals surface area contributed by atoms with Gasteiger partial charge in [0.1, 0.15) is 5.60 Å². The molecule has 1 amide bonds. The Labute approximate surface area is 104 Å². The van der Waals surface area contributed by atoms with Gasteiger partial charge >= 0.3 is 6.09 Å². The lowest BCUT2D eigenvalue weighted by Gasteiger charge is -2.23. The Morgan fingerprint density at radius 3 is 2.47 bits per heavy atom. The van der Waals surface area contributed by atoms with Gasteiger partial charge in [-0.15, -0.1) is 0 Å². The van der Waals surface area contributed by atoms with E-state index in [1.165, 1.54) is 25.7 Å². The van der Waals surface area contributed by atoms with Crippen LogP contribution in [0.25, 0.3) is 0 Å². The van der Waals surface area contributed by atoms with E-state index in [9.17, 15) is 4.79 Å². The van der Waals surface area contributed by atoms with E-state index in [2.05, 4.69) is 10.6 Å². The smallest absolute Gasteiger partial charge is 0.407 e. The van der Waals surface area contributed by atoms with Crippen molar-refractivity contribution in [3.8, 4) is 0 Å². The van der Waals surface area contributed by atoms with Gasteiger partial charge in [0.05, 0.1) is 0 Å². The third-order valence-electron chi connectivity index (χ3n) is 2.83.